The molecule has 0 aromatic carbocycles. The number of aromatic nitrogens is 2. The van der Waals surface area contributed by atoms with Crippen molar-refractivity contribution in [2.45, 2.75) is 25.8 Å². The standard InChI is InChI=1S/C11H21N3OS/c1-4-10(11-13-7-8-14(11)2)12-6-5-9-16(3)15/h7-8,10,12H,4-6,9H2,1-3H3. The van der Waals surface area contributed by atoms with Gasteiger partial charge >= 0.3 is 0 Å². The van der Waals surface area contributed by atoms with Crippen LogP contribution in [0.1, 0.15) is 31.6 Å². The Kier molecular flexibility index (Phi) is 5.69. The van der Waals surface area contributed by atoms with Gasteiger partial charge in [0.1, 0.15) is 5.82 Å². The zero-order valence-corrected chi connectivity index (χ0v) is 11.1. The highest BCUT2D eigenvalue weighted by Crippen LogP contribution is 2.13. The summed E-state index contributed by atoms with van der Waals surface area (Å²) < 4.78 is 12.9. The van der Waals surface area contributed by atoms with Crippen LogP contribution in [0, 0.1) is 0 Å². The Labute approximate surface area is 99.9 Å². The molecule has 0 spiro atoms. The third-order valence-corrected chi connectivity index (χ3v) is 3.44. The van der Waals surface area contributed by atoms with Gasteiger partial charge in [-0.2, -0.15) is 0 Å². The summed E-state index contributed by atoms with van der Waals surface area (Å²) in [5, 5.41) is 3.45. The molecule has 0 aliphatic heterocycles. The van der Waals surface area contributed by atoms with Gasteiger partial charge in [0.15, 0.2) is 0 Å². The van der Waals surface area contributed by atoms with Crippen molar-refractivity contribution in [3.8, 4) is 0 Å². The van der Waals surface area contributed by atoms with Gasteiger partial charge in [-0.05, 0) is 19.4 Å². The Balaban J connectivity index is 2.38. The SMILES string of the molecule is CCC(NCCCS(C)=O)c1nccn1C. The molecule has 0 radical (unpaired) electrons. The van der Waals surface area contributed by atoms with Crippen LogP contribution in [0.4, 0.5) is 0 Å². The van der Waals surface area contributed by atoms with Crippen LogP contribution in [0.5, 0.6) is 0 Å². The maximum absolute atomic E-state index is 10.9. The fraction of sp³-hybridized carbons (Fsp3) is 0.727. The van der Waals surface area contributed by atoms with Crippen molar-refractivity contribution in [2.24, 2.45) is 7.05 Å². The van der Waals surface area contributed by atoms with E-state index in [0.717, 1.165) is 31.0 Å². The molecule has 1 N–H and O–H groups in total. The van der Waals surface area contributed by atoms with Gasteiger partial charge in [0.05, 0.1) is 6.04 Å². The molecule has 2 atom stereocenters. The lowest BCUT2D eigenvalue weighted by atomic mass is 10.2. The summed E-state index contributed by atoms with van der Waals surface area (Å²) in [6, 6.07) is 0.297. The zero-order valence-electron chi connectivity index (χ0n) is 10.3. The minimum Gasteiger partial charge on any atom is -0.337 e. The quantitative estimate of drug-likeness (QED) is 0.733. The summed E-state index contributed by atoms with van der Waals surface area (Å²) in [7, 11) is 1.32. The van der Waals surface area contributed by atoms with Gasteiger partial charge in [-0.1, -0.05) is 6.92 Å². The Morgan fingerprint density at radius 2 is 2.38 bits per heavy atom. The largest absolute Gasteiger partial charge is 0.337 e. The first kappa shape index (κ1) is 13.4. The van der Waals surface area contributed by atoms with Crippen molar-refractivity contribution >= 4 is 10.8 Å². The van der Waals surface area contributed by atoms with Crippen LogP contribution >= 0.6 is 0 Å². The van der Waals surface area contributed by atoms with Gasteiger partial charge in [0.2, 0.25) is 0 Å². The molecule has 0 bridgehead atoms. The number of rotatable bonds is 7. The summed E-state index contributed by atoms with van der Waals surface area (Å²) in [6.07, 6.45) is 7.49. The predicted octanol–water partition coefficient (Wildman–Crippen LogP) is 1.23. The maximum atomic E-state index is 10.9. The molecule has 4 nitrogen and oxygen atoms in total. The van der Waals surface area contributed by atoms with Crippen molar-refractivity contribution < 1.29 is 4.21 Å². The molecule has 0 amide bonds. The number of hydrogen-bond donors (Lipinski definition) is 1. The Hall–Kier alpha value is -0.680. The van der Waals surface area contributed by atoms with Crippen LogP contribution in [0.25, 0.3) is 0 Å². The van der Waals surface area contributed by atoms with Gasteiger partial charge in [0.25, 0.3) is 0 Å². The highest BCUT2D eigenvalue weighted by molar-refractivity contribution is 7.84. The van der Waals surface area contributed by atoms with Gasteiger partial charge in [-0.3, -0.25) is 4.21 Å². The average Bonchev–Trinajstić information content (AvgIpc) is 2.65. The summed E-state index contributed by atoms with van der Waals surface area (Å²) >= 11 is 0. The van der Waals surface area contributed by atoms with E-state index >= 15 is 0 Å². The van der Waals surface area contributed by atoms with Crippen LogP contribution in [-0.2, 0) is 17.8 Å². The summed E-state index contributed by atoms with van der Waals surface area (Å²) in [4.78, 5) is 4.34. The summed E-state index contributed by atoms with van der Waals surface area (Å²) in [5.74, 6) is 1.84. The molecule has 16 heavy (non-hydrogen) atoms. The van der Waals surface area contributed by atoms with Gasteiger partial charge in [-0.25, -0.2) is 4.98 Å². The predicted molar refractivity (Wildman–Crippen MR) is 67.8 cm³/mol. The van der Waals surface area contributed by atoms with Gasteiger partial charge in [-0.15, -0.1) is 0 Å². The summed E-state index contributed by atoms with van der Waals surface area (Å²) in [6.45, 7) is 3.04. The van der Waals surface area contributed by atoms with Crippen LogP contribution in [0.15, 0.2) is 12.4 Å². The van der Waals surface area contributed by atoms with E-state index in [-0.39, 0.29) is 0 Å². The lowest BCUT2D eigenvalue weighted by molar-refractivity contribution is 0.482. The van der Waals surface area contributed by atoms with Crippen molar-refractivity contribution in [2.75, 3.05) is 18.6 Å². The van der Waals surface area contributed by atoms with E-state index in [4.69, 9.17) is 0 Å². The first-order valence-electron chi connectivity index (χ1n) is 5.65. The molecular formula is C11H21N3OS. The average molecular weight is 243 g/mol. The monoisotopic (exact) mass is 243 g/mol. The molecule has 0 saturated heterocycles. The minimum atomic E-state index is -0.684. The van der Waals surface area contributed by atoms with E-state index in [2.05, 4.69) is 17.2 Å². The van der Waals surface area contributed by atoms with Crippen LogP contribution in [0.3, 0.4) is 0 Å². The van der Waals surface area contributed by atoms with Crippen molar-refractivity contribution in [3.63, 3.8) is 0 Å². The molecular weight excluding hydrogens is 222 g/mol. The fourth-order valence-corrected chi connectivity index (χ4v) is 2.23. The molecule has 1 rings (SSSR count). The first-order chi connectivity index (χ1) is 7.65. The molecule has 1 aromatic heterocycles. The highest BCUT2D eigenvalue weighted by atomic mass is 32.2. The molecule has 2 unspecified atom stereocenters. The van der Waals surface area contributed by atoms with Gasteiger partial charge < -0.3 is 9.88 Å². The van der Waals surface area contributed by atoms with Crippen molar-refractivity contribution in [1.82, 2.24) is 14.9 Å². The molecule has 0 aliphatic rings. The minimum absolute atomic E-state index is 0.297. The van der Waals surface area contributed by atoms with E-state index in [0.29, 0.717) is 6.04 Å². The topological polar surface area (TPSA) is 46.9 Å². The van der Waals surface area contributed by atoms with E-state index in [9.17, 15) is 4.21 Å². The van der Waals surface area contributed by atoms with Crippen LogP contribution < -0.4 is 5.32 Å². The molecule has 0 saturated carbocycles. The maximum Gasteiger partial charge on any atom is 0.125 e. The molecule has 1 heterocycles. The molecule has 0 fully saturated rings. The van der Waals surface area contributed by atoms with E-state index in [1.807, 2.05) is 24.0 Å². The fourth-order valence-electron chi connectivity index (χ4n) is 1.68. The second-order valence-electron chi connectivity index (χ2n) is 3.94. The Bertz CT molecular complexity index is 338. The third-order valence-electron chi connectivity index (χ3n) is 2.58. The number of hydrogen-bond acceptors (Lipinski definition) is 3. The second-order valence-corrected chi connectivity index (χ2v) is 5.50. The molecule has 92 valence electrons. The van der Waals surface area contributed by atoms with E-state index in [1.165, 1.54) is 0 Å². The molecule has 5 heteroatoms. The lowest BCUT2D eigenvalue weighted by Crippen LogP contribution is -2.25. The van der Waals surface area contributed by atoms with Crippen LogP contribution in [0.2, 0.25) is 0 Å². The lowest BCUT2D eigenvalue weighted by Gasteiger charge is -2.16. The molecule has 1 aromatic rings. The number of nitrogens with zero attached hydrogens (tertiary/aromatic N) is 2. The smallest absolute Gasteiger partial charge is 0.125 e. The highest BCUT2D eigenvalue weighted by Gasteiger charge is 2.12. The van der Waals surface area contributed by atoms with Crippen molar-refractivity contribution in [3.05, 3.63) is 18.2 Å². The third kappa shape index (κ3) is 4.06. The Morgan fingerprint density at radius 3 is 2.88 bits per heavy atom. The van der Waals surface area contributed by atoms with Crippen molar-refractivity contribution in [1.29, 1.82) is 0 Å². The number of aryl methyl sites for hydroxylation is 1. The van der Waals surface area contributed by atoms with Crippen LogP contribution in [-0.4, -0.2) is 32.3 Å². The number of imidazole rings is 1. The number of nitrogens with one attached hydrogen (secondary N) is 1. The first-order valence-corrected chi connectivity index (χ1v) is 7.38. The summed E-state index contributed by atoms with van der Waals surface area (Å²) in [5.41, 5.74) is 0. The Morgan fingerprint density at radius 1 is 1.62 bits per heavy atom. The zero-order chi connectivity index (χ0) is 12.0. The molecule has 0 aliphatic carbocycles. The van der Waals surface area contributed by atoms with E-state index in [1.54, 1.807) is 6.26 Å². The van der Waals surface area contributed by atoms with Gasteiger partial charge in [0, 0.05) is 42.2 Å². The van der Waals surface area contributed by atoms with E-state index < -0.39 is 10.8 Å². The normalized spacial score (nSPS) is 14.9. The second kappa shape index (κ2) is 6.81.